The number of likely N-dealkylation sites (N-methyl/N-ethyl adjacent to an activating group) is 7. The second-order valence-electron chi connectivity index (χ2n) is 14.8. The molecule has 0 aliphatic carbocycles. The Kier molecular flexibility index (Phi) is 24.5. The van der Waals surface area contributed by atoms with Crippen LogP contribution >= 0.6 is 0 Å². The van der Waals surface area contributed by atoms with Gasteiger partial charge in [-0.25, -0.2) is 0 Å². The van der Waals surface area contributed by atoms with Crippen LogP contribution in [0.25, 0.3) is 0 Å². The second kappa shape index (κ2) is 26.3. The topological polar surface area (TPSA) is 122 Å². The van der Waals surface area contributed by atoms with Crippen LogP contribution in [-0.2, 0) is 9.59 Å². The number of piperazine rings is 4. The maximum Gasteiger partial charge on any atom is 0.309 e. The molecule has 6 aliphatic rings. The summed E-state index contributed by atoms with van der Waals surface area (Å²) in [5, 5.41) is 11.6. The van der Waals surface area contributed by atoms with Gasteiger partial charge in [0.2, 0.25) is 5.91 Å². The molecular formula is C35H77N11O3. The lowest BCUT2D eigenvalue weighted by Gasteiger charge is -2.32. The highest BCUT2D eigenvalue weighted by molar-refractivity contribution is 5.73. The molecule has 0 aromatic carbocycles. The SMILES string of the molecule is CC(=O)N1CCN(C)CC1.CCN1CCN(C)CC1.CN1CC(C(=O)O)C1.CN1CCC(N)C1.CN1CCN(C)CC1.CN1CCNCC1. The normalized spacial score (nSPS) is 25.3. The Morgan fingerprint density at radius 2 is 1.00 bits per heavy atom. The van der Waals surface area contributed by atoms with Crippen molar-refractivity contribution >= 4 is 11.9 Å². The Bertz CT molecular complexity index is 815. The van der Waals surface area contributed by atoms with E-state index in [9.17, 15) is 9.59 Å². The van der Waals surface area contributed by atoms with E-state index in [1.165, 1.54) is 85.0 Å². The lowest BCUT2D eigenvalue weighted by molar-refractivity contribution is -0.146. The van der Waals surface area contributed by atoms with Crippen LogP contribution in [0.4, 0.5) is 0 Å². The monoisotopic (exact) mass is 700 g/mol. The van der Waals surface area contributed by atoms with Crippen molar-refractivity contribution in [2.24, 2.45) is 11.7 Å². The maximum atomic E-state index is 10.8. The van der Waals surface area contributed by atoms with Crippen molar-refractivity contribution in [3.05, 3.63) is 0 Å². The Labute approximate surface area is 300 Å². The average Bonchev–Trinajstić information content (AvgIpc) is 3.45. The largest absolute Gasteiger partial charge is 0.481 e. The van der Waals surface area contributed by atoms with Crippen LogP contribution in [0.3, 0.4) is 0 Å². The van der Waals surface area contributed by atoms with Crippen LogP contribution in [0, 0.1) is 5.92 Å². The van der Waals surface area contributed by atoms with Crippen molar-refractivity contribution in [3.8, 4) is 0 Å². The minimum absolute atomic E-state index is 0.0972. The number of amides is 1. The first-order chi connectivity index (χ1) is 23.2. The van der Waals surface area contributed by atoms with Crippen molar-refractivity contribution in [1.29, 1.82) is 0 Å². The zero-order valence-electron chi connectivity index (χ0n) is 33.1. The van der Waals surface area contributed by atoms with Crippen molar-refractivity contribution in [2.75, 3.05) is 187 Å². The maximum absolute atomic E-state index is 10.8. The van der Waals surface area contributed by atoms with Crippen molar-refractivity contribution in [1.82, 2.24) is 49.4 Å². The van der Waals surface area contributed by atoms with Crippen LogP contribution in [-0.4, -0.2) is 254 Å². The van der Waals surface area contributed by atoms with Crippen LogP contribution in [0.15, 0.2) is 0 Å². The van der Waals surface area contributed by atoms with Gasteiger partial charge in [0.15, 0.2) is 0 Å². The van der Waals surface area contributed by atoms with E-state index in [4.69, 9.17) is 10.8 Å². The third kappa shape index (κ3) is 22.9. The minimum Gasteiger partial charge on any atom is -0.481 e. The predicted molar refractivity (Wildman–Crippen MR) is 203 cm³/mol. The Morgan fingerprint density at radius 3 is 1.24 bits per heavy atom. The molecule has 6 aliphatic heterocycles. The van der Waals surface area contributed by atoms with Gasteiger partial charge in [-0.2, -0.15) is 0 Å². The highest BCUT2D eigenvalue weighted by atomic mass is 16.4. The van der Waals surface area contributed by atoms with Crippen LogP contribution in [0.5, 0.6) is 0 Å². The Morgan fingerprint density at radius 1 is 0.592 bits per heavy atom. The molecule has 6 rings (SSSR count). The highest BCUT2D eigenvalue weighted by Crippen LogP contribution is 2.11. The zero-order chi connectivity index (χ0) is 36.8. The number of likely N-dealkylation sites (tertiary alicyclic amines) is 2. The van der Waals surface area contributed by atoms with Gasteiger partial charge in [-0.3, -0.25) is 9.59 Å². The average molecular weight is 700 g/mol. The smallest absolute Gasteiger partial charge is 0.309 e. The van der Waals surface area contributed by atoms with Gasteiger partial charge in [-0.15, -0.1) is 0 Å². The summed E-state index contributed by atoms with van der Waals surface area (Å²) in [6, 6.07) is 0.449. The van der Waals surface area contributed by atoms with Gasteiger partial charge in [0.25, 0.3) is 0 Å². The molecule has 1 unspecified atom stereocenters. The van der Waals surface area contributed by atoms with E-state index in [-0.39, 0.29) is 11.8 Å². The molecular weight excluding hydrogens is 622 g/mol. The predicted octanol–water partition coefficient (Wildman–Crippen LogP) is -1.30. The minimum atomic E-state index is -0.664. The molecule has 0 aromatic rings. The summed E-state index contributed by atoms with van der Waals surface area (Å²) < 4.78 is 0. The summed E-state index contributed by atoms with van der Waals surface area (Å²) >= 11 is 0. The molecule has 1 atom stereocenters. The zero-order valence-corrected chi connectivity index (χ0v) is 33.1. The van der Waals surface area contributed by atoms with E-state index in [1.54, 1.807) is 6.92 Å². The van der Waals surface area contributed by atoms with E-state index in [1.807, 2.05) is 16.8 Å². The van der Waals surface area contributed by atoms with Gasteiger partial charge >= 0.3 is 5.97 Å². The van der Waals surface area contributed by atoms with Gasteiger partial charge in [-0.1, -0.05) is 6.92 Å². The summed E-state index contributed by atoms with van der Waals surface area (Å²) in [6.45, 7) is 27.3. The molecule has 6 saturated heterocycles. The molecule has 1 amide bonds. The number of hydrogen-bond donors (Lipinski definition) is 3. The number of hydrogen-bond acceptors (Lipinski definition) is 12. The second-order valence-corrected chi connectivity index (χ2v) is 14.8. The van der Waals surface area contributed by atoms with E-state index < -0.39 is 5.97 Å². The molecule has 6 heterocycles. The molecule has 0 aromatic heterocycles. The summed E-state index contributed by atoms with van der Waals surface area (Å²) in [4.78, 5) is 41.2. The van der Waals surface area contributed by atoms with E-state index in [2.05, 4.69) is 88.8 Å². The fourth-order valence-electron chi connectivity index (χ4n) is 5.79. The molecule has 0 spiro atoms. The Hall–Kier alpha value is -1.46. The van der Waals surface area contributed by atoms with Crippen molar-refractivity contribution in [2.45, 2.75) is 26.3 Å². The lowest BCUT2D eigenvalue weighted by atomic mass is 10.0. The molecule has 49 heavy (non-hydrogen) atoms. The molecule has 6 fully saturated rings. The highest BCUT2D eigenvalue weighted by Gasteiger charge is 2.29. The number of carbonyl (C=O) groups is 2. The standard InChI is InChI=1S/C7H14N2O.C7H16N2.C6H14N2.2C5H12N2.C5H9NO2/c1-7(10)9-5-3-8(2)4-6-9;1-3-9-6-4-8(2)5-7-9;1-7-3-5-8(2)6-4-7;1-7-4-2-6-3-5-7;1-7-3-2-5(6)4-7;1-6-2-4(3-6)5(7)8/h3-6H2,1-2H3;3-7H2,1-2H3;3-6H2,1-2H3;6H,2-5H2,1H3;5H,2-4,6H2,1H3;4H,2-3H2,1H3,(H,7,8). The number of carboxylic acids is 1. The van der Waals surface area contributed by atoms with Gasteiger partial charge in [0, 0.05) is 137 Å². The van der Waals surface area contributed by atoms with Gasteiger partial charge < -0.3 is 60.3 Å². The summed E-state index contributed by atoms with van der Waals surface area (Å²) in [6.07, 6.45) is 1.18. The summed E-state index contributed by atoms with van der Waals surface area (Å²) in [7, 11) is 14.8. The van der Waals surface area contributed by atoms with Crippen LogP contribution < -0.4 is 11.1 Å². The lowest BCUT2D eigenvalue weighted by Crippen LogP contribution is -2.47. The van der Waals surface area contributed by atoms with Gasteiger partial charge in [0.1, 0.15) is 0 Å². The van der Waals surface area contributed by atoms with E-state index >= 15 is 0 Å². The number of rotatable bonds is 2. The number of nitrogens with zero attached hydrogens (tertiary/aromatic N) is 9. The molecule has 14 heteroatoms. The molecule has 0 saturated carbocycles. The van der Waals surface area contributed by atoms with Gasteiger partial charge in [0.05, 0.1) is 5.92 Å². The summed E-state index contributed by atoms with van der Waals surface area (Å²) in [5.41, 5.74) is 5.58. The molecule has 0 bridgehead atoms. The molecule has 290 valence electrons. The first kappa shape index (κ1) is 45.6. The fourth-order valence-corrected chi connectivity index (χ4v) is 5.79. The first-order valence-corrected chi connectivity index (χ1v) is 18.7. The van der Waals surface area contributed by atoms with Crippen LogP contribution in [0.1, 0.15) is 20.3 Å². The summed E-state index contributed by atoms with van der Waals surface area (Å²) in [5.74, 6) is -0.559. The van der Waals surface area contributed by atoms with E-state index in [0.29, 0.717) is 6.04 Å². The van der Waals surface area contributed by atoms with Crippen molar-refractivity contribution < 1.29 is 14.7 Å². The third-order valence-corrected chi connectivity index (χ3v) is 9.90. The number of aliphatic carboxylic acids is 1. The molecule has 14 nitrogen and oxygen atoms in total. The molecule has 4 N–H and O–H groups in total. The van der Waals surface area contributed by atoms with Crippen LogP contribution in [0.2, 0.25) is 0 Å². The number of carboxylic acid groups (broad SMARTS) is 1. The number of carbonyl (C=O) groups excluding carboxylic acids is 1. The quantitative estimate of drug-likeness (QED) is 0.317. The third-order valence-electron chi connectivity index (χ3n) is 9.90. The Balaban J connectivity index is 0.000000295. The van der Waals surface area contributed by atoms with E-state index in [0.717, 1.165) is 58.9 Å². The first-order valence-electron chi connectivity index (χ1n) is 18.7. The molecule has 0 radical (unpaired) electrons. The van der Waals surface area contributed by atoms with Gasteiger partial charge in [-0.05, 0) is 68.8 Å². The number of nitrogens with two attached hydrogens (primary N) is 1. The fraction of sp³-hybridized carbons (Fsp3) is 0.943. The van der Waals surface area contributed by atoms with Crippen molar-refractivity contribution in [3.63, 3.8) is 0 Å². The number of nitrogens with one attached hydrogen (secondary N) is 1.